The van der Waals surface area contributed by atoms with Crippen LogP contribution in [0.3, 0.4) is 0 Å². The van der Waals surface area contributed by atoms with Crippen LogP contribution in [-0.4, -0.2) is 42.9 Å². The molecule has 11 heteroatoms. The average Bonchev–Trinajstić information content (AvgIpc) is 2.75. The number of hydrogen-bond donors (Lipinski definition) is 0. The van der Waals surface area contributed by atoms with Gasteiger partial charge in [-0.3, -0.25) is 24.0 Å². The molecule has 35 heavy (non-hydrogen) atoms. The Labute approximate surface area is 199 Å². The monoisotopic (exact) mass is 486 g/mol. The molecule has 0 bridgehead atoms. The van der Waals surface area contributed by atoms with Crippen LogP contribution in [0.4, 0.5) is 0 Å². The zero-order valence-electron chi connectivity index (χ0n) is 19.5. The standard InChI is InChI=1S/C24H22O11/c1-11(25)31-17-7-6-15(8-18(17)32-12(2)26)23-24(34-14(4)28)22(29)21-19(33-13(3)27)9-16(30-5)10-20(21)35-23/h6-10,23-24H,1-5H3. The predicted octanol–water partition coefficient (Wildman–Crippen LogP) is 2.72. The fourth-order valence-electron chi connectivity index (χ4n) is 3.45. The first-order valence-electron chi connectivity index (χ1n) is 10.3. The minimum atomic E-state index is -1.48. The molecule has 2 aromatic carbocycles. The van der Waals surface area contributed by atoms with Gasteiger partial charge in [0.15, 0.2) is 17.6 Å². The van der Waals surface area contributed by atoms with E-state index in [4.69, 9.17) is 28.4 Å². The van der Waals surface area contributed by atoms with Crippen molar-refractivity contribution in [3.05, 3.63) is 41.5 Å². The first-order valence-corrected chi connectivity index (χ1v) is 10.3. The van der Waals surface area contributed by atoms with E-state index in [0.717, 1.165) is 20.8 Å². The van der Waals surface area contributed by atoms with Gasteiger partial charge in [-0.25, -0.2) is 0 Å². The van der Waals surface area contributed by atoms with Crippen LogP contribution in [0.25, 0.3) is 0 Å². The molecule has 0 saturated carbocycles. The highest BCUT2D eigenvalue weighted by Crippen LogP contribution is 2.44. The Morgan fingerprint density at radius 2 is 1.37 bits per heavy atom. The van der Waals surface area contributed by atoms with Gasteiger partial charge in [-0.1, -0.05) is 6.07 Å². The highest BCUT2D eigenvalue weighted by Gasteiger charge is 2.43. The second kappa shape index (κ2) is 10.2. The molecule has 0 aromatic heterocycles. The lowest BCUT2D eigenvalue weighted by molar-refractivity contribution is -0.149. The number of carbonyl (C=O) groups excluding carboxylic acids is 5. The maximum absolute atomic E-state index is 13.5. The number of hydrogen-bond acceptors (Lipinski definition) is 11. The fourth-order valence-corrected chi connectivity index (χ4v) is 3.45. The topological polar surface area (TPSA) is 141 Å². The molecule has 184 valence electrons. The van der Waals surface area contributed by atoms with Gasteiger partial charge in [-0.2, -0.15) is 0 Å². The summed E-state index contributed by atoms with van der Waals surface area (Å²) in [4.78, 5) is 59.9. The number of benzene rings is 2. The maximum Gasteiger partial charge on any atom is 0.308 e. The fraction of sp³-hybridized carbons (Fsp3) is 0.292. The molecule has 0 spiro atoms. The normalized spacial score (nSPS) is 16.3. The van der Waals surface area contributed by atoms with E-state index in [0.29, 0.717) is 0 Å². The zero-order chi connectivity index (χ0) is 25.9. The Bertz CT molecular complexity index is 1210. The molecule has 1 aliphatic heterocycles. The molecule has 0 aliphatic carbocycles. The van der Waals surface area contributed by atoms with Crippen molar-refractivity contribution in [3.63, 3.8) is 0 Å². The van der Waals surface area contributed by atoms with E-state index in [2.05, 4.69) is 0 Å². The van der Waals surface area contributed by atoms with Gasteiger partial charge < -0.3 is 28.4 Å². The smallest absolute Gasteiger partial charge is 0.308 e. The quantitative estimate of drug-likeness (QED) is 0.439. The molecule has 2 aromatic rings. The highest BCUT2D eigenvalue weighted by molar-refractivity contribution is 6.07. The first-order chi connectivity index (χ1) is 16.5. The highest BCUT2D eigenvalue weighted by atomic mass is 16.6. The van der Waals surface area contributed by atoms with Gasteiger partial charge in [0, 0.05) is 45.4 Å². The summed E-state index contributed by atoms with van der Waals surface area (Å²) in [5.41, 5.74) is 0.152. The van der Waals surface area contributed by atoms with E-state index in [1.165, 1.54) is 44.4 Å². The molecular weight excluding hydrogens is 464 g/mol. The van der Waals surface area contributed by atoms with Gasteiger partial charge in [-0.15, -0.1) is 0 Å². The van der Waals surface area contributed by atoms with E-state index in [9.17, 15) is 24.0 Å². The number of methoxy groups -OCH3 is 1. The van der Waals surface area contributed by atoms with Crippen molar-refractivity contribution >= 4 is 29.7 Å². The Kier molecular flexibility index (Phi) is 7.38. The van der Waals surface area contributed by atoms with Crippen molar-refractivity contribution in [2.45, 2.75) is 39.9 Å². The molecule has 0 saturated heterocycles. The number of carbonyl (C=O) groups is 5. The van der Waals surface area contributed by atoms with E-state index in [1.54, 1.807) is 0 Å². The molecule has 11 nitrogen and oxygen atoms in total. The third-order valence-corrected chi connectivity index (χ3v) is 4.66. The Morgan fingerprint density at radius 1 is 0.771 bits per heavy atom. The van der Waals surface area contributed by atoms with Gasteiger partial charge in [0.25, 0.3) is 0 Å². The van der Waals surface area contributed by atoms with Crippen LogP contribution in [0.2, 0.25) is 0 Å². The minimum Gasteiger partial charge on any atom is -0.496 e. The van der Waals surface area contributed by atoms with Crippen LogP contribution in [-0.2, 0) is 23.9 Å². The van der Waals surface area contributed by atoms with Crippen LogP contribution >= 0.6 is 0 Å². The van der Waals surface area contributed by atoms with Gasteiger partial charge in [0.1, 0.15) is 22.8 Å². The van der Waals surface area contributed by atoms with Gasteiger partial charge in [0.05, 0.1) is 7.11 Å². The largest absolute Gasteiger partial charge is 0.496 e. The van der Waals surface area contributed by atoms with Gasteiger partial charge in [-0.05, 0) is 12.1 Å². The molecule has 2 unspecified atom stereocenters. The van der Waals surface area contributed by atoms with Gasteiger partial charge >= 0.3 is 23.9 Å². The minimum absolute atomic E-state index is 0.0112. The van der Waals surface area contributed by atoms with Crippen LogP contribution in [0.15, 0.2) is 30.3 Å². The molecule has 1 aliphatic rings. The van der Waals surface area contributed by atoms with Crippen LogP contribution in [0.1, 0.15) is 49.7 Å². The molecule has 0 N–H and O–H groups in total. The summed E-state index contributed by atoms with van der Waals surface area (Å²) < 4.78 is 31.9. The molecule has 1 heterocycles. The van der Waals surface area contributed by atoms with Crippen LogP contribution < -0.4 is 23.7 Å². The number of rotatable bonds is 6. The molecular formula is C24H22O11. The van der Waals surface area contributed by atoms with Gasteiger partial charge in [0.2, 0.25) is 11.9 Å². The van der Waals surface area contributed by atoms with Crippen molar-refractivity contribution in [2.75, 3.05) is 7.11 Å². The van der Waals surface area contributed by atoms with Crippen molar-refractivity contribution in [1.29, 1.82) is 0 Å². The maximum atomic E-state index is 13.5. The number of fused-ring (bicyclic) bond motifs is 1. The number of ketones is 1. The van der Waals surface area contributed by atoms with Crippen LogP contribution in [0.5, 0.6) is 28.7 Å². The molecule has 3 rings (SSSR count). The SMILES string of the molecule is COc1cc(OC(C)=O)c2c(c1)OC(c1ccc(OC(C)=O)c(OC(C)=O)c1)C(OC(C)=O)C2=O. The van der Waals surface area contributed by atoms with Crippen molar-refractivity contribution < 1.29 is 52.4 Å². The third kappa shape index (κ3) is 5.75. The zero-order valence-corrected chi connectivity index (χ0v) is 19.5. The number of Topliss-reactive ketones (excluding diaryl/α,β-unsaturated/α-hetero) is 1. The second-order valence-electron chi connectivity index (χ2n) is 7.42. The summed E-state index contributed by atoms with van der Waals surface area (Å²) in [5.74, 6) is -3.50. The van der Waals surface area contributed by atoms with E-state index < -0.39 is 41.9 Å². The summed E-state index contributed by atoms with van der Waals surface area (Å²) >= 11 is 0. The molecule has 2 atom stereocenters. The predicted molar refractivity (Wildman–Crippen MR) is 117 cm³/mol. The number of esters is 4. The Balaban J connectivity index is 2.16. The first kappa shape index (κ1) is 25.2. The average molecular weight is 486 g/mol. The Morgan fingerprint density at radius 3 is 1.94 bits per heavy atom. The van der Waals surface area contributed by atoms with Crippen LogP contribution in [0, 0.1) is 0 Å². The van der Waals surface area contributed by atoms with E-state index in [-0.39, 0.29) is 39.9 Å². The van der Waals surface area contributed by atoms with Crippen molar-refractivity contribution in [1.82, 2.24) is 0 Å². The lowest BCUT2D eigenvalue weighted by atomic mass is 9.92. The lowest BCUT2D eigenvalue weighted by Gasteiger charge is -2.33. The van der Waals surface area contributed by atoms with E-state index in [1.807, 2.05) is 0 Å². The Hall–Kier alpha value is -4.41. The molecule has 0 amide bonds. The molecule has 0 radical (unpaired) electrons. The summed E-state index contributed by atoms with van der Waals surface area (Å²) in [6.07, 6.45) is -2.68. The van der Waals surface area contributed by atoms with E-state index >= 15 is 0 Å². The van der Waals surface area contributed by atoms with Crippen molar-refractivity contribution in [2.24, 2.45) is 0 Å². The summed E-state index contributed by atoms with van der Waals surface area (Å²) in [5, 5.41) is 0. The summed E-state index contributed by atoms with van der Waals surface area (Å²) in [7, 11) is 1.38. The summed E-state index contributed by atoms with van der Waals surface area (Å²) in [6, 6.07) is 6.87. The van der Waals surface area contributed by atoms with Crippen molar-refractivity contribution in [3.8, 4) is 28.7 Å². The third-order valence-electron chi connectivity index (χ3n) is 4.66. The summed E-state index contributed by atoms with van der Waals surface area (Å²) in [6.45, 7) is 4.62. The molecule has 0 fully saturated rings. The number of ether oxygens (including phenoxy) is 6. The lowest BCUT2D eigenvalue weighted by Crippen LogP contribution is -2.40. The second-order valence-corrected chi connectivity index (χ2v) is 7.42.